The third-order valence-corrected chi connectivity index (χ3v) is 7.27. The summed E-state index contributed by atoms with van der Waals surface area (Å²) in [6.45, 7) is 0.888. The monoisotopic (exact) mass is 360 g/mol. The van der Waals surface area contributed by atoms with Gasteiger partial charge in [0.25, 0.3) is 10.0 Å². The third kappa shape index (κ3) is 3.04. The second-order valence-electron chi connectivity index (χ2n) is 6.93. The first-order valence-electron chi connectivity index (χ1n) is 8.34. The van der Waals surface area contributed by atoms with Crippen molar-refractivity contribution in [1.29, 1.82) is 0 Å². The predicted octanol–water partition coefficient (Wildman–Crippen LogP) is 1.54. The van der Waals surface area contributed by atoms with E-state index in [4.69, 9.17) is 0 Å². The highest BCUT2D eigenvalue weighted by molar-refractivity contribution is 7.89. The number of aryl methyl sites for hydroxylation is 2. The summed E-state index contributed by atoms with van der Waals surface area (Å²) >= 11 is 0. The van der Waals surface area contributed by atoms with E-state index in [1.807, 2.05) is 4.57 Å². The van der Waals surface area contributed by atoms with Gasteiger partial charge < -0.3 is 9.88 Å². The van der Waals surface area contributed by atoms with Gasteiger partial charge in [0.2, 0.25) is 0 Å². The Morgan fingerprint density at radius 2 is 1.96 bits per heavy atom. The number of fused-ring (bicyclic) bond motifs is 3. The Morgan fingerprint density at radius 1 is 1.26 bits per heavy atom. The summed E-state index contributed by atoms with van der Waals surface area (Å²) < 4.78 is 29.4. The highest BCUT2D eigenvalue weighted by atomic mass is 35.5. The highest BCUT2D eigenvalue weighted by Gasteiger charge is 2.39. The molecule has 4 heterocycles. The molecule has 1 aromatic heterocycles. The molecule has 3 aliphatic rings. The predicted molar refractivity (Wildman–Crippen MR) is 90.3 cm³/mol. The van der Waals surface area contributed by atoms with Gasteiger partial charge >= 0.3 is 0 Å². The van der Waals surface area contributed by atoms with Gasteiger partial charge in [-0.15, -0.1) is 12.4 Å². The van der Waals surface area contributed by atoms with E-state index in [0.29, 0.717) is 12.1 Å². The Bertz CT molecular complexity index is 640. The van der Waals surface area contributed by atoms with E-state index in [1.165, 1.54) is 12.8 Å². The summed E-state index contributed by atoms with van der Waals surface area (Å²) in [7, 11) is -1.75. The van der Waals surface area contributed by atoms with Gasteiger partial charge in [0.1, 0.15) is 5.82 Å². The SMILES string of the molecule is CN(C1CC2CCC(C1)N2)S(=O)(=O)c1cn2c(n1)CCCC2.Cl. The molecule has 2 fully saturated rings. The molecule has 0 amide bonds. The molecule has 1 aromatic rings. The van der Waals surface area contributed by atoms with E-state index in [2.05, 4.69) is 10.3 Å². The van der Waals surface area contributed by atoms with E-state index in [1.54, 1.807) is 17.5 Å². The number of hydrogen-bond acceptors (Lipinski definition) is 4. The molecule has 4 rings (SSSR count). The maximum atomic E-state index is 12.9. The zero-order valence-electron chi connectivity index (χ0n) is 13.4. The van der Waals surface area contributed by atoms with Crippen LogP contribution in [0.4, 0.5) is 0 Å². The van der Waals surface area contributed by atoms with E-state index in [0.717, 1.165) is 44.5 Å². The van der Waals surface area contributed by atoms with Crippen LogP contribution in [-0.2, 0) is 23.0 Å². The van der Waals surface area contributed by atoms with Crippen molar-refractivity contribution in [2.24, 2.45) is 0 Å². The summed E-state index contributed by atoms with van der Waals surface area (Å²) in [5, 5.41) is 3.80. The van der Waals surface area contributed by atoms with Crippen LogP contribution in [0.2, 0.25) is 0 Å². The molecule has 2 atom stereocenters. The van der Waals surface area contributed by atoms with Crippen molar-refractivity contribution in [3.63, 3.8) is 0 Å². The summed E-state index contributed by atoms with van der Waals surface area (Å²) in [4.78, 5) is 4.41. The van der Waals surface area contributed by atoms with Gasteiger partial charge in [-0.3, -0.25) is 0 Å². The summed E-state index contributed by atoms with van der Waals surface area (Å²) in [6.07, 6.45) is 9.01. The normalized spacial score (nSPS) is 30.1. The zero-order valence-corrected chi connectivity index (χ0v) is 15.1. The zero-order chi connectivity index (χ0) is 15.3. The summed E-state index contributed by atoms with van der Waals surface area (Å²) in [5.41, 5.74) is 0. The Hall–Kier alpha value is -0.630. The Labute approximate surface area is 144 Å². The number of nitrogens with zero attached hydrogens (tertiary/aromatic N) is 3. The maximum Gasteiger partial charge on any atom is 0.262 e. The molecular weight excluding hydrogens is 336 g/mol. The fraction of sp³-hybridized carbons (Fsp3) is 0.800. The molecule has 6 nitrogen and oxygen atoms in total. The molecule has 23 heavy (non-hydrogen) atoms. The largest absolute Gasteiger partial charge is 0.333 e. The molecule has 0 spiro atoms. The molecular formula is C15H25ClN4O2S. The van der Waals surface area contributed by atoms with Crippen molar-refractivity contribution in [2.45, 2.75) is 74.6 Å². The van der Waals surface area contributed by atoms with Crippen LogP contribution in [0.1, 0.15) is 44.3 Å². The average molecular weight is 361 g/mol. The molecule has 0 aliphatic carbocycles. The number of aromatic nitrogens is 2. The number of halogens is 1. The second kappa shape index (κ2) is 6.35. The van der Waals surface area contributed by atoms with Gasteiger partial charge in [0, 0.05) is 44.3 Å². The van der Waals surface area contributed by atoms with Crippen LogP contribution in [0.25, 0.3) is 0 Å². The molecule has 2 unspecified atom stereocenters. The first-order chi connectivity index (χ1) is 10.5. The molecule has 130 valence electrons. The quantitative estimate of drug-likeness (QED) is 0.888. The molecule has 2 bridgehead atoms. The Balaban J connectivity index is 0.00000156. The number of hydrogen-bond donors (Lipinski definition) is 1. The maximum absolute atomic E-state index is 12.9. The first-order valence-corrected chi connectivity index (χ1v) is 9.78. The smallest absolute Gasteiger partial charge is 0.262 e. The van der Waals surface area contributed by atoms with E-state index in [9.17, 15) is 8.42 Å². The Kier molecular flexibility index (Phi) is 4.75. The number of imidazole rings is 1. The van der Waals surface area contributed by atoms with E-state index >= 15 is 0 Å². The van der Waals surface area contributed by atoms with Crippen LogP contribution in [0.15, 0.2) is 11.2 Å². The second-order valence-corrected chi connectivity index (χ2v) is 8.87. The van der Waals surface area contributed by atoms with Crippen LogP contribution in [0, 0.1) is 0 Å². The van der Waals surface area contributed by atoms with Crippen molar-refractivity contribution >= 4 is 22.4 Å². The van der Waals surface area contributed by atoms with Gasteiger partial charge in [-0.1, -0.05) is 0 Å². The fourth-order valence-corrected chi connectivity index (χ4v) is 5.52. The molecule has 1 N–H and O–H groups in total. The lowest BCUT2D eigenvalue weighted by molar-refractivity contribution is 0.251. The van der Waals surface area contributed by atoms with Crippen LogP contribution >= 0.6 is 12.4 Å². The lowest BCUT2D eigenvalue weighted by atomic mass is 10.0. The van der Waals surface area contributed by atoms with Gasteiger partial charge in [-0.25, -0.2) is 13.4 Å². The van der Waals surface area contributed by atoms with Gasteiger partial charge in [-0.05, 0) is 38.5 Å². The molecule has 0 saturated carbocycles. The lowest BCUT2D eigenvalue weighted by Gasteiger charge is -2.34. The lowest BCUT2D eigenvalue weighted by Crippen LogP contribution is -2.48. The molecule has 0 radical (unpaired) electrons. The summed E-state index contributed by atoms with van der Waals surface area (Å²) in [6, 6.07) is 1.07. The minimum atomic E-state index is -3.48. The number of rotatable bonds is 3. The van der Waals surface area contributed by atoms with Crippen LogP contribution in [-0.4, -0.2) is 47.4 Å². The first kappa shape index (κ1) is 17.2. The standard InChI is InChI=1S/C15H24N4O2S.ClH/c1-18(13-8-11-5-6-12(9-13)16-11)22(20,21)15-10-19-7-3-2-4-14(19)17-15;/h10-13,16H,2-9H2,1H3;1H. The van der Waals surface area contributed by atoms with Gasteiger partial charge in [0.05, 0.1) is 0 Å². The van der Waals surface area contributed by atoms with Crippen LogP contribution in [0.3, 0.4) is 0 Å². The molecule has 0 aromatic carbocycles. The van der Waals surface area contributed by atoms with Crippen molar-refractivity contribution in [1.82, 2.24) is 19.2 Å². The molecule has 2 saturated heterocycles. The number of nitrogens with one attached hydrogen (secondary N) is 1. The summed E-state index contributed by atoms with van der Waals surface area (Å²) in [5.74, 6) is 0.920. The number of piperidine rings is 1. The third-order valence-electron chi connectivity index (χ3n) is 5.49. The van der Waals surface area contributed by atoms with E-state index < -0.39 is 10.0 Å². The minimum Gasteiger partial charge on any atom is -0.333 e. The van der Waals surface area contributed by atoms with Gasteiger partial charge in [0.15, 0.2) is 5.03 Å². The minimum absolute atomic E-state index is 0. The van der Waals surface area contributed by atoms with Crippen LogP contribution in [0.5, 0.6) is 0 Å². The van der Waals surface area contributed by atoms with Gasteiger partial charge in [-0.2, -0.15) is 4.31 Å². The van der Waals surface area contributed by atoms with Crippen molar-refractivity contribution in [3.05, 3.63) is 12.0 Å². The van der Waals surface area contributed by atoms with E-state index in [-0.39, 0.29) is 23.5 Å². The average Bonchev–Trinajstić information content (AvgIpc) is 3.10. The fourth-order valence-electron chi connectivity index (χ4n) is 4.18. The van der Waals surface area contributed by atoms with Crippen molar-refractivity contribution in [2.75, 3.05) is 7.05 Å². The molecule has 3 aliphatic heterocycles. The topological polar surface area (TPSA) is 67.2 Å². The van der Waals surface area contributed by atoms with Crippen LogP contribution < -0.4 is 5.32 Å². The van der Waals surface area contributed by atoms with Crippen molar-refractivity contribution < 1.29 is 8.42 Å². The number of sulfonamides is 1. The Morgan fingerprint density at radius 3 is 2.61 bits per heavy atom. The molecule has 8 heteroatoms. The highest BCUT2D eigenvalue weighted by Crippen LogP contribution is 2.31. The van der Waals surface area contributed by atoms with Crippen molar-refractivity contribution in [3.8, 4) is 0 Å².